The van der Waals surface area contributed by atoms with Crippen LogP contribution in [0.5, 0.6) is 5.75 Å². The summed E-state index contributed by atoms with van der Waals surface area (Å²) in [7, 11) is 0. The van der Waals surface area contributed by atoms with E-state index in [4.69, 9.17) is 0 Å². The van der Waals surface area contributed by atoms with Crippen LogP contribution in [-0.4, -0.2) is 22.2 Å². The predicted octanol–water partition coefficient (Wildman–Crippen LogP) is 4.32. The third-order valence-electron chi connectivity index (χ3n) is 4.54. The number of benzene rings is 2. The van der Waals surface area contributed by atoms with Crippen molar-refractivity contribution >= 4 is 11.6 Å². The highest BCUT2D eigenvalue weighted by Gasteiger charge is 2.31. The van der Waals surface area contributed by atoms with E-state index >= 15 is 0 Å². The largest absolute Gasteiger partial charge is 0.573 e. The Labute approximate surface area is 164 Å². The van der Waals surface area contributed by atoms with Gasteiger partial charge in [-0.25, -0.2) is 9.97 Å². The zero-order valence-corrected chi connectivity index (χ0v) is 15.2. The van der Waals surface area contributed by atoms with Gasteiger partial charge in [0.2, 0.25) is 5.91 Å². The summed E-state index contributed by atoms with van der Waals surface area (Å²) in [4.78, 5) is 20.2. The lowest BCUT2D eigenvalue weighted by Gasteiger charge is -2.10. The molecule has 0 fully saturated rings. The molecule has 2 heterocycles. The Morgan fingerprint density at radius 3 is 2.55 bits per heavy atom. The van der Waals surface area contributed by atoms with Crippen molar-refractivity contribution in [1.29, 1.82) is 0 Å². The van der Waals surface area contributed by atoms with Gasteiger partial charge in [-0.05, 0) is 47.4 Å². The van der Waals surface area contributed by atoms with Crippen LogP contribution in [0.2, 0.25) is 0 Å². The molecule has 1 N–H and O–H groups in total. The minimum absolute atomic E-state index is 0.0200. The van der Waals surface area contributed by atoms with Crippen molar-refractivity contribution in [1.82, 2.24) is 9.97 Å². The van der Waals surface area contributed by atoms with Gasteiger partial charge in [0.1, 0.15) is 11.6 Å². The summed E-state index contributed by atoms with van der Waals surface area (Å²) < 4.78 is 40.9. The first-order valence-corrected chi connectivity index (χ1v) is 8.94. The van der Waals surface area contributed by atoms with Gasteiger partial charge in [0.15, 0.2) is 0 Å². The van der Waals surface area contributed by atoms with Crippen molar-refractivity contribution < 1.29 is 22.7 Å². The zero-order valence-electron chi connectivity index (χ0n) is 15.2. The van der Waals surface area contributed by atoms with Crippen LogP contribution >= 0.6 is 0 Å². The molecule has 0 spiro atoms. The fourth-order valence-corrected chi connectivity index (χ4v) is 3.20. The lowest BCUT2D eigenvalue weighted by Crippen LogP contribution is -2.17. The number of carbonyl (C=O) groups is 1. The maximum Gasteiger partial charge on any atom is 0.573 e. The molecule has 1 aromatic heterocycles. The van der Waals surface area contributed by atoms with Gasteiger partial charge in [0.25, 0.3) is 0 Å². The molecule has 148 valence electrons. The fourth-order valence-electron chi connectivity index (χ4n) is 3.20. The fraction of sp³-hybridized carbons (Fsp3) is 0.190. The topological polar surface area (TPSA) is 64.1 Å². The molecule has 0 atom stereocenters. The van der Waals surface area contributed by atoms with Crippen LogP contribution in [0.15, 0.2) is 54.9 Å². The zero-order chi connectivity index (χ0) is 20.4. The molecule has 1 aliphatic rings. The SMILES string of the molecule is O=C1Cc2cc(-c3cnc(CCc4cccc(OC(F)(F)F)c4)nc3)ccc2N1. The average Bonchev–Trinajstić information content (AvgIpc) is 3.05. The number of anilines is 1. The Morgan fingerprint density at radius 1 is 1.00 bits per heavy atom. The summed E-state index contributed by atoms with van der Waals surface area (Å²) >= 11 is 0. The number of hydrogen-bond donors (Lipinski definition) is 1. The van der Waals surface area contributed by atoms with Gasteiger partial charge in [-0.3, -0.25) is 4.79 Å². The lowest BCUT2D eigenvalue weighted by molar-refractivity contribution is -0.274. The molecular formula is C21H16F3N3O2. The molecule has 29 heavy (non-hydrogen) atoms. The highest BCUT2D eigenvalue weighted by atomic mass is 19.4. The number of carbonyl (C=O) groups excluding carboxylic acids is 1. The third-order valence-corrected chi connectivity index (χ3v) is 4.54. The second kappa shape index (κ2) is 7.54. The molecule has 0 unspecified atom stereocenters. The first kappa shape index (κ1) is 18.9. The van der Waals surface area contributed by atoms with Crippen LogP contribution in [0.4, 0.5) is 18.9 Å². The van der Waals surface area contributed by atoms with Gasteiger partial charge >= 0.3 is 6.36 Å². The second-order valence-corrected chi connectivity index (χ2v) is 6.68. The maximum absolute atomic E-state index is 12.3. The molecule has 3 aromatic rings. The van der Waals surface area contributed by atoms with E-state index in [0.29, 0.717) is 30.7 Å². The van der Waals surface area contributed by atoms with E-state index < -0.39 is 6.36 Å². The van der Waals surface area contributed by atoms with Crippen molar-refractivity contribution in [3.63, 3.8) is 0 Å². The molecule has 0 radical (unpaired) electrons. The van der Waals surface area contributed by atoms with Gasteiger partial charge in [-0.15, -0.1) is 13.2 Å². The van der Waals surface area contributed by atoms with Crippen LogP contribution in [0.25, 0.3) is 11.1 Å². The monoisotopic (exact) mass is 399 g/mol. The minimum Gasteiger partial charge on any atom is -0.406 e. The summed E-state index contributed by atoms with van der Waals surface area (Å²) in [5.74, 6) is 0.332. The maximum atomic E-state index is 12.3. The Kier molecular flexibility index (Phi) is 4.92. The molecule has 4 rings (SSSR count). The summed E-state index contributed by atoms with van der Waals surface area (Å²) in [6.45, 7) is 0. The van der Waals surface area contributed by atoms with Crippen molar-refractivity contribution in [3.8, 4) is 16.9 Å². The van der Waals surface area contributed by atoms with Crippen LogP contribution in [-0.2, 0) is 24.1 Å². The molecule has 5 nitrogen and oxygen atoms in total. The normalized spacial score (nSPS) is 13.1. The van der Waals surface area contributed by atoms with Crippen molar-refractivity contribution in [2.75, 3.05) is 5.32 Å². The van der Waals surface area contributed by atoms with Gasteiger partial charge < -0.3 is 10.1 Å². The Morgan fingerprint density at radius 2 is 1.79 bits per heavy atom. The van der Waals surface area contributed by atoms with Crippen LogP contribution in [0, 0.1) is 0 Å². The van der Waals surface area contributed by atoms with E-state index in [0.717, 1.165) is 22.4 Å². The number of nitrogens with one attached hydrogen (secondary N) is 1. The van der Waals surface area contributed by atoms with Gasteiger partial charge in [0.05, 0.1) is 6.42 Å². The number of rotatable bonds is 5. The number of hydrogen-bond acceptors (Lipinski definition) is 4. The molecule has 8 heteroatoms. The van der Waals surface area contributed by atoms with Crippen LogP contribution < -0.4 is 10.1 Å². The van der Waals surface area contributed by atoms with Gasteiger partial charge in [0, 0.05) is 30.1 Å². The summed E-state index contributed by atoms with van der Waals surface area (Å²) in [6, 6.07) is 11.6. The van der Waals surface area contributed by atoms with E-state index in [2.05, 4.69) is 20.0 Å². The number of fused-ring (bicyclic) bond motifs is 1. The summed E-state index contributed by atoms with van der Waals surface area (Å²) in [6.07, 6.45) is 0.0337. The number of aromatic nitrogens is 2. The Hall–Kier alpha value is -3.42. The molecule has 0 bridgehead atoms. The first-order valence-electron chi connectivity index (χ1n) is 8.94. The van der Waals surface area contributed by atoms with Crippen LogP contribution in [0.3, 0.4) is 0 Å². The standard InChI is InChI=1S/C21H16F3N3O2/c22-21(23,24)29-17-3-1-2-13(8-17)4-7-19-25-11-16(12-26-19)14-5-6-18-15(9-14)10-20(28)27-18/h1-3,5-6,8-9,11-12H,4,7,10H2,(H,27,28). The molecular weight excluding hydrogens is 383 g/mol. The Balaban J connectivity index is 1.41. The van der Waals surface area contributed by atoms with E-state index in [-0.39, 0.29) is 11.7 Å². The number of ether oxygens (including phenoxy) is 1. The summed E-state index contributed by atoms with van der Waals surface area (Å²) in [5.41, 5.74) is 4.22. The summed E-state index contributed by atoms with van der Waals surface area (Å²) in [5, 5.41) is 2.79. The Bertz CT molecular complexity index is 1050. The van der Waals surface area contributed by atoms with Crippen molar-refractivity contribution in [2.24, 2.45) is 0 Å². The quantitative estimate of drug-likeness (QED) is 0.694. The molecule has 2 aromatic carbocycles. The van der Waals surface area contributed by atoms with Gasteiger partial charge in [-0.1, -0.05) is 18.2 Å². The smallest absolute Gasteiger partial charge is 0.406 e. The number of amides is 1. The van der Waals surface area contributed by atoms with Crippen molar-refractivity contribution in [3.05, 3.63) is 71.8 Å². The molecule has 0 aliphatic carbocycles. The number of aryl methyl sites for hydroxylation is 2. The highest BCUT2D eigenvalue weighted by molar-refractivity contribution is 5.99. The first-order chi connectivity index (χ1) is 13.9. The average molecular weight is 399 g/mol. The molecule has 0 saturated heterocycles. The number of alkyl halides is 3. The number of nitrogens with zero attached hydrogens (tertiary/aromatic N) is 2. The third kappa shape index (κ3) is 4.71. The predicted molar refractivity (Wildman–Crippen MR) is 100 cm³/mol. The van der Waals surface area contributed by atoms with Crippen LogP contribution in [0.1, 0.15) is 17.0 Å². The molecule has 1 amide bonds. The number of halogens is 3. The van der Waals surface area contributed by atoms with Gasteiger partial charge in [-0.2, -0.15) is 0 Å². The lowest BCUT2D eigenvalue weighted by atomic mass is 10.0. The van der Waals surface area contributed by atoms with E-state index in [1.165, 1.54) is 18.2 Å². The molecule has 0 saturated carbocycles. The van der Waals surface area contributed by atoms with E-state index in [1.807, 2.05) is 18.2 Å². The van der Waals surface area contributed by atoms with E-state index in [9.17, 15) is 18.0 Å². The van der Waals surface area contributed by atoms with E-state index in [1.54, 1.807) is 18.5 Å². The highest BCUT2D eigenvalue weighted by Crippen LogP contribution is 2.28. The second-order valence-electron chi connectivity index (χ2n) is 6.68. The van der Waals surface area contributed by atoms with Crippen molar-refractivity contribution in [2.45, 2.75) is 25.6 Å². The molecule has 1 aliphatic heterocycles. The minimum atomic E-state index is -4.71.